The van der Waals surface area contributed by atoms with Crippen LogP contribution in [0.1, 0.15) is 18.1 Å². The molecule has 0 saturated carbocycles. The summed E-state index contributed by atoms with van der Waals surface area (Å²) in [5, 5.41) is 0. The van der Waals surface area contributed by atoms with E-state index < -0.39 is 0 Å². The highest BCUT2D eigenvalue weighted by molar-refractivity contribution is 8.27. The average Bonchev–Trinajstić information content (AvgIpc) is 2.95. The zero-order chi connectivity index (χ0) is 18.3. The monoisotopic (exact) mass is 378 g/mol. The number of para-hydroxylation sites is 1. The number of hydrogen-bond acceptors (Lipinski definition) is 4. The Balaban J connectivity index is 1.77. The van der Waals surface area contributed by atoms with Crippen molar-refractivity contribution >= 4 is 51.7 Å². The molecule has 2 aromatic carbocycles. The van der Waals surface area contributed by atoms with Gasteiger partial charge in [0.2, 0.25) is 0 Å². The van der Waals surface area contributed by atoms with Crippen LogP contribution in [0.25, 0.3) is 6.08 Å². The minimum Gasteiger partial charge on any atom is -0.340 e. The number of anilines is 2. The van der Waals surface area contributed by atoms with Crippen LogP contribution in [0.15, 0.2) is 65.2 Å². The molecule has 2 aromatic rings. The fourth-order valence-electron chi connectivity index (χ4n) is 3.24. The van der Waals surface area contributed by atoms with Gasteiger partial charge in [0, 0.05) is 12.2 Å². The summed E-state index contributed by atoms with van der Waals surface area (Å²) in [7, 11) is 0. The van der Waals surface area contributed by atoms with E-state index in [0.717, 1.165) is 34.7 Å². The molecule has 130 valence electrons. The van der Waals surface area contributed by atoms with E-state index >= 15 is 0 Å². The van der Waals surface area contributed by atoms with Crippen molar-refractivity contribution in [3.63, 3.8) is 0 Å². The third-order valence-electron chi connectivity index (χ3n) is 4.55. The highest BCUT2D eigenvalue weighted by Crippen LogP contribution is 2.41. The van der Waals surface area contributed by atoms with Crippen molar-refractivity contribution in [3.05, 3.63) is 76.3 Å². The summed E-state index contributed by atoms with van der Waals surface area (Å²) < 4.78 is 0.574. The topological polar surface area (TPSA) is 23.6 Å². The maximum Gasteiger partial charge on any atom is 0.272 e. The van der Waals surface area contributed by atoms with Crippen molar-refractivity contribution in [1.82, 2.24) is 0 Å². The maximum absolute atomic E-state index is 13.2. The summed E-state index contributed by atoms with van der Waals surface area (Å²) in [6.45, 7) is 4.90. The number of amides is 1. The van der Waals surface area contributed by atoms with Crippen LogP contribution in [0, 0.1) is 6.92 Å². The van der Waals surface area contributed by atoms with E-state index in [-0.39, 0.29) is 5.91 Å². The molecule has 5 heteroatoms. The summed E-state index contributed by atoms with van der Waals surface area (Å²) >= 11 is 6.90. The molecule has 0 spiro atoms. The largest absolute Gasteiger partial charge is 0.340 e. The number of carbonyl (C=O) groups excluding carboxylic acids is 1. The third-order valence-corrected chi connectivity index (χ3v) is 5.93. The van der Waals surface area contributed by atoms with Crippen LogP contribution in [0.2, 0.25) is 0 Å². The van der Waals surface area contributed by atoms with Gasteiger partial charge in [-0.3, -0.25) is 9.69 Å². The Labute approximate surface area is 163 Å². The number of thioether (sulfide) groups is 1. The van der Waals surface area contributed by atoms with Gasteiger partial charge in [0.25, 0.3) is 5.91 Å². The first-order chi connectivity index (χ1) is 12.6. The summed E-state index contributed by atoms with van der Waals surface area (Å²) in [6.07, 6.45) is 4.09. The van der Waals surface area contributed by atoms with E-state index in [1.54, 1.807) is 4.90 Å². The van der Waals surface area contributed by atoms with Gasteiger partial charge in [-0.25, -0.2) is 0 Å². The molecule has 0 radical (unpaired) electrons. The van der Waals surface area contributed by atoms with Crippen molar-refractivity contribution < 1.29 is 4.79 Å². The molecule has 1 amide bonds. The minimum atomic E-state index is -0.0543. The normalized spacial score (nSPS) is 19.3. The van der Waals surface area contributed by atoms with Crippen LogP contribution in [-0.2, 0) is 4.79 Å². The van der Waals surface area contributed by atoms with E-state index in [0.29, 0.717) is 9.23 Å². The lowest BCUT2D eigenvalue weighted by atomic mass is 10.1. The lowest BCUT2D eigenvalue weighted by Crippen LogP contribution is -2.30. The summed E-state index contributed by atoms with van der Waals surface area (Å²) in [5.41, 5.74) is 5.16. The number of likely N-dealkylation sites (N-methyl/N-ethyl adjacent to an activating group) is 1. The summed E-state index contributed by atoms with van der Waals surface area (Å²) in [5.74, 6) is -0.0543. The number of thiocarbonyl (C=S) groups is 1. The fourth-order valence-corrected chi connectivity index (χ4v) is 4.60. The Morgan fingerprint density at radius 1 is 1.04 bits per heavy atom. The van der Waals surface area contributed by atoms with Gasteiger partial charge in [-0.15, -0.1) is 0 Å². The molecule has 3 nitrogen and oxygen atoms in total. The Morgan fingerprint density at radius 3 is 2.50 bits per heavy atom. The maximum atomic E-state index is 13.2. The van der Waals surface area contributed by atoms with Crippen molar-refractivity contribution in [3.8, 4) is 0 Å². The van der Waals surface area contributed by atoms with E-state index in [2.05, 4.69) is 30.0 Å². The SMILES string of the molecule is CCN1/C(=C2/SC(=S)N(c3ccc(C)cc3)C2=O)C=Cc2ccccc21. The smallest absolute Gasteiger partial charge is 0.272 e. The zero-order valence-corrected chi connectivity index (χ0v) is 16.2. The molecule has 26 heavy (non-hydrogen) atoms. The molecular weight excluding hydrogens is 360 g/mol. The molecule has 2 aliphatic rings. The van der Waals surface area contributed by atoms with E-state index in [1.165, 1.54) is 11.8 Å². The van der Waals surface area contributed by atoms with Crippen LogP contribution < -0.4 is 9.80 Å². The van der Waals surface area contributed by atoms with Crippen LogP contribution in [-0.4, -0.2) is 16.8 Å². The van der Waals surface area contributed by atoms with Crippen LogP contribution in [0.4, 0.5) is 11.4 Å². The molecule has 0 N–H and O–H groups in total. The Kier molecular flexibility index (Phi) is 4.42. The molecule has 4 rings (SSSR count). The van der Waals surface area contributed by atoms with Gasteiger partial charge in [0.05, 0.1) is 11.4 Å². The van der Waals surface area contributed by atoms with Gasteiger partial charge < -0.3 is 4.90 Å². The number of allylic oxidation sites excluding steroid dienone is 1. The van der Waals surface area contributed by atoms with E-state index in [1.807, 2.05) is 49.4 Å². The second kappa shape index (κ2) is 6.74. The molecule has 0 atom stereocenters. The predicted octanol–water partition coefficient (Wildman–Crippen LogP) is 5.12. The standard InChI is InChI=1S/C21H18N2OS2/c1-3-22-17-7-5-4-6-15(17)10-13-18(22)19-20(24)23(21(25)26-19)16-11-8-14(2)9-12-16/h4-13H,3H2,1-2H3/b19-18+. The van der Waals surface area contributed by atoms with Crippen LogP contribution >= 0.6 is 24.0 Å². The first-order valence-electron chi connectivity index (χ1n) is 8.52. The molecule has 2 heterocycles. The first kappa shape index (κ1) is 17.1. The Bertz CT molecular complexity index is 960. The number of rotatable bonds is 2. The Hall–Kier alpha value is -2.37. The molecule has 0 bridgehead atoms. The van der Waals surface area contributed by atoms with Gasteiger partial charge in [-0.1, -0.05) is 66.0 Å². The van der Waals surface area contributed by atoms with E-state index in [9.17, 15) is 4.79 Å². The molecule has 1 fully saturated rings. The molecular formula is C21H18N2OS2. The number of nitrogens with zero attached hydrogens (tertiary/aromatic N) is 2. The van der Waals surface area contributed by atoms with Crippen LogP contribution in [0.5, 0.6) is 0 Å². The van der Waals surface area contributed by atoms with E-state index in [4.69, 9.17) is 12.2 Å². The van der Waals surface area contributed by atoms with Crippen molar-refractivity contribution in [1.29, 1.82) is 0 Å². The lowest BCUT2D eigenvalue weighted by Gasteiger charge is -2.30. The summed E-state index contributed by atoms with van der Waals surface area (Å²) in [4.78, 5) is 17.7. The van der Waals surface area contributed by atoms with Crippen molar-refractivity contribution in [2.45, 2.75) is 13.8 Å². The number of carbonyl (C=O) groups is 1. The lowest BCUT2D eigenvalue weighted by molar-refractivity contribution is -0.113. The molecule has 1 saturated heterocycles. The average molecular weight is 379 g/mol. The second-order valence-corrected chi connectivity index (χ2v) is 7.84. The number of benzene rings is 2. The molecule has 0 aliphatic carbocycles. The number of aryl methyl sites for hydroxylation is 1. The highest BCUT2D eigenvalue weighted by atomic mass is 32.2. The van der Waals surface area contributed by atoms with Gasteiger partial charge in [-0.05, 0) is 43.7 Å². The zero-order valence-electron chi connectivity index (χ0n) is 14.6. The van der Waals surface area contributed by atoms with Gasteiger partial charge in [-0.2, -0.15) is 0 Å². The predicted molar refractivity (Wildman–Crippen MR) is 114 cm³/mol. The molecule has 0 aromatic heterocycles. The first-order valence-corrected chi connectivity index (χ1v) is 9.74. The van der Waals surface area contributed by atoms with Gasteiger partial charge in [0.1, 0.15) is 4.91 Å². The third kappa shape index (κ3) is 2.77. The minimum absolute atomic E-state index is 0.0543. The fraction of sp³-hybridized carbons (Fsp3) is 0.143. The van der Waals surface area contributed by atoms with Crippen molar-refractivity contribution in [2.24, 2.45) is 0 Å². The number of fused-ring (bicyclic) bond motifs is 1. The van der Waals surface area contributed by atoms with Crippen LogP contribution in [0.3, 0.4) is 0 Å². The van der Waals surface area contributed by atoms with Gasteiger partial charge >= 0.3 is 0 Å². The van der Waals surface area contributed by atoms with Gasteiger partial charge in [0.15, 0.2) is 4.32 Å². The highest BCUT2D eigenvalue weighted by Gasteiger charge is 2.37. The summed E-state index contributed by atoms with van der Waals surface area (Å²) in [6, 6.07) is 16.1. The molecule has 0 unspecified atom stereocenters. The number of hydrogen-bond donors (Lipinski definition) is 0. The quantitative estimate of drug-likeness (QED) is 0.534. The Morgan fingerprint density at radius 2 is 1.77 bits per heavy atom. The molecule has 2 aliphatic heterocycles. The second-order valence-electron chi connectivity index (χ2n) is 6.19. The van der Waals surface area contributed by atoms with Crippen molar-refractivity contribution in [2.75, 3.05) is 16.3 Å².